The molecule has 8 heteroatoms. The molecule has 1 fully saturated rings. The van der Waals surface area contributed by atoms with Crippen LogP contribution in [0.3, 0.4) is 0 Å². The van der Waals surface area contributed by atoms with E-state index in [1.54, 1.807) is 7.11 Å². The number of methoxy groups -OCH3 is 1. The van der Waals surface area contributed by atoms with Crippen LogP contribution in [-0.2, 0) is 11.2 Å². The van der Waals surface area contributed by atoms with Crippen molar-refractivity contribution in [3.05, 3.63) is 65.5 Å². The first-order valence-corrected chi connectivity index (χ1v) is 10.9. The van der Waals surface area contributed by atoms with E-state index in [4.69, 9.17) is 14.5 Å². The Hall–Kier alpha value is -1.91. The van der Waals surface area contributed by atoms with Crippen LogP contribution in [0, 0.1) is 5.82 Å². The second-order valence-corrected chi connectivity index (χ2v) is 7.46. The zero-order chi connectivity index (χ0) is 21.9. The van der Waals surface area contributed by atoms with Gasteiger partial charge in [-0.15, -0.1) is 24.0 Å². The van der Waals surface area contributed by atoms with Crippen molar-refractivity contribution in [2.45, 2.75) is 19.4 Å². The first-order chi connectivity index (χ1) is 15.2. The van der Waals surface area contributed by atoms with E-state index in [0.29, 0.717) is 19.8 Å². The van der Waals surface area contributed by atoms with E-state index in [1.807, 2.05) is 24.3 Å². The number of halogens is 2. The minimum Gasteiger partial charge on any atom is -0.497 e. The number of rotatable bonds is 9. The van der Waals surface area contributed by atoms with Crippen LogP contribution in [0.2, 0.25) is 0 Å². The number of aliphatic imine (C=N–C) groups is 1. The summed E-state index contributed by atoms with van der Waals surface area (Å²) >= 11 is 0. The third-order valence-corrected chi connectivity index (χ3v) is 5.37. The number of nitrogens with one attached hydrogen (secondary N) is 2. The van der Waals surface area contributed by atoms with Gasteiger partial charge in [-0.1, -0.05) is 24.3 Å². The minimum atomic E-state index is -0.221. The van der Waals surface area contributed by atoms with E-state index in [1.165, 1.54) is 17.7 Å². The maximum absolute atomic E-state index is 13.4. The molecule has 176 valence electrons. The maximum atomic E-state index is 13.4. The molecule has 1 heterocycles. The van der Waals surface area contributed by atoms with Crippen molar-refractivity contribution in [2.24, 2.45) is 4.99 Å². The summed E-state index contributed by atoms with van der Waals surface area (Å²) in [7, 11) is 1.67. The van der Waals surface area contributed by atoms with Gasteiger partial charge in [0.05, 0.1) is 32.9 Å². The van der Waals surface area contributed by atoms with Crippen molar-refractivity contribution in [3.63, 3.8) is 0 Å². The molecule has 2 aromatic rings. The van der Waals surface area contributed by atoms with Crippen molar-refractivity contribution in [2.75, 3.05) is 53.0 Å². The lowest BCUT2D eigenvalue weighted by Crippen LogP contribution is -2.42. The summed E-state index contributed by atoms with van der Waals surface area (Å²) in [5.74, 6) is 1.43. The van der Waals surface area contributed by atoms with Gasteiger partial charge in [0, 0.05) is 26.2 Å². The lowest BCUT2D eigenvalue weighted by atomic mass is 10.0. The number of nitrogens with zero attached hydrogens (tertiary/aromatic N) is 2. The molecule has 0 aliphatic carbocycles. The molecule has 1 aliphatic rings. The van der Waals surface area contributed by atoms with Crippen molar-refractivity contribution in [1.82, 2.24) is 15.5 Å². The summed E-state index contributed by atoms with van der Waals surface area (Å²) in [6, 6.07) is 14.9. The fourth-order valence-electron chi connectivity index (χ4n) is 3.64. The second-order valence-electron chi connectivity index (χ2n) is 7.46. The van der Waals surface area contributed by atoms with E-state index < -0.39 is 0 Å². The van der Waals surface area contributed by atoms with Crippen LogP contribution in [0.1, 0.15) is 24.1 Å². The van der Waals surface area contributed by atoms with Crippen molar-refractivity contribution in [3.8, 4) is 5.75 Å². The van der Waals surface area contributed by atoms with Gasteiger partial charge in [-0.25, -0.2) is 4.39 Å². The molecule has 1 unspecified atom stereocenters. The number of morpholine rings is 1. The predicted molar refractivity (Wildman–Crippen MR) is 138 cm³/mol. The Bertz CT molecular complexity index is 812. The van der Waals surface area contributed by atoms with Gasteiger partial charge in [0.2, 0.25) is 0 Å². The highest BCUT2D eigenvalue weighted by molar-refractivity contribution is 14.0. The maximum Gasteiger partial charge on any atom is 0.191 e. The fourth-order valence-corrected chi connectivity index (χ4v) is 3.64. The molecule has 3 rings (SSSR count). The monoisotopic (exact) mass is 556 g/mol. The molecule has 0 aromatic heterocycles. The van der Waals surface area contributed by atoms with E-state index >= 15 is 0 Å². The molecular weight excluding hydrogens is 522 g/mol. The van der Waals surface area contributed by atoms with E-state index in [-0.39, 0.29) is 35.8 Å². The summed E-state index contributed by atoms with van der Waals surface area (Å²) in [5.41, 5.74) is 2.31. The molecule has 0 spiro atoms. The van der Waals surface area contributed by atoms with Gasteiger partial charge in [0.1, 0.15) is 11.6 Å². The molecule has 0 bridgehead atoms. The highest BCUT2D eigenvalue weighted by Gasteiger charge is 2.22. The van der Waals surface area contributed by atoms with Crippen LogP contribution in [0.5, 0.6) is 5.75 Å². The van der Waals surface area contributed by atoms with Crippen LogP contribution < -0.4 is 15.4 Å². The quantitative estimate of drug-likeness (QED) is 0.281. The first-order valence-electron chi connectivity index (χ1n) is 10.9. The molecule has 2 aromatic carbocycles. The van der Waals surface area contributed by atoms with Crippen molar-refractivity contribution < 1.29 is 13.9 Å². The predicted octanol–water partition coefficient (Wildman–Crippen LogP) is 3.62. The minimum absolute atomic E-state index is 0. The van der Waals surface area contributed by atoms with Crippen LogP contribution in [0.4, 0.5) is 4.39 Å². The van der Waals surface area contributed by atoms with Gasteiger partial charge in [0.25, 0.3) is 0 Å². The van der Waals surface area contributed by atoms with Crippen LogP contribution in [-0.4, -0.2) is 63.9 Å². The Morgan fingerprint density at radius 2 is 1.78 bits per heavy atom. The Morgan fingerprint density at radius 1 is 1.09 bits per heavy atom. The standard InChI is InChI=1S/C24H33FN4O2.HI/c1-3-26-24(27-13-12-19-4-10-22(30-2)11-5-19)28-18-23(29-14-16-31-17-15-29)20-6-8-21(25)9-7-20;/h4-11,23H,3,12-18H2,1-2H3,(H2,26,27,28);1H. The summed E-state index contributed by atoms with van der Waals surface area (Å²) < 4.78 is 24.2. The highest BCUT2D eigenvalue weighted by Crippen LogP contribution is 2.22. The molecule has 2 N–H and O–H groups in total. The lowest BCUT2D eigenvalue weighted by molar-refractivity contribution is 0.0179. The van der Waals surface area contributed by atoms with Crippen molar-refractivity contribution >= 4 is 29.9 Å². The highest BCUT2D eigenvalue weighted by atomic mass is 127. The smallest absolute Gasteiger partial charge is 0.191 e. The molecule has 0 saturated carbocycles. The molecule has 6 nitrogen and oxygen atoms in total. The zero-order valence-corrected chi connectivity index (χ0v) is 21.2. The lowest BCUT2D eigenvalue weighted by Gasteiger charge is -2.34. The molecule has 32 heavy (non-hydrogen) atoms. The summed E-state index contributed by atoms with van der Waals surface area (Å²) in [4.78, 5) is 7.21. The second kappa shape index (κ2) is 14.3. The molecule has 1 atom stereocenters. The number of benzene rings is 2. The van der Waals surface area contributed by atoms with Crippen LogP contribution in [0.15, 0.2) is 53.5 Å². The Kier molecular flexibility index (Phi) is 11.8. The zero-order valence-electron chi connectivity index (χ0n) is 18.9. The third kappa shape index (κ3) is 8.22. The molecule has 1 saturated heterocycles. The largest absolute Gasteiger partial charge is 0.497 e. The average molecular weight is 556 g/mol. The fraction of sp³-hybridized carbons (Fsp3) is 0.458. The molecule has 0 amide bonds. The van der Waals surface area contributed by atoms with E-state index in [2.05, 4.69) is 34.6 Å². The topological polar surface area (TPSA) is 58.1 Å². The van der Waals surface area contributed by atoms with E-state index in [9.17, 15) is 4.39 Å². The Labute approximate surface area is 207 Å². The van der Waals surface area contributed by atoms with Gasteiger partial charge < -0.3 is 20.1 Å². The normalized spacial score (nSPS) is 15.5. The summed E-state index contributed by atoms with van der Waals surface area (Å²) in [5, 5.41) is 6.74. The molecular formula is C24H34FIN4O2. The van der Waals surface area contributed by atoms with Gasteiger partial charge in [0.15, 0.2) is 5.96 Å². The van der Waals surface area contributed by atoms with Gasteiger partial charge in [-0.3, -0.25) is 9.89 Å². The average Bonchev–Trinajstić information content (AvgIpc) is 2.81. The van der Waals surface area contributed by atoms with Gasteiger partial charge >= 0.3 is 0 Å². The Morgan fingerprint density at radius 3 is 2.41 bits per heavy atom. The van der Waals surface area contributed by atoms with E-state index in [0.717, 1.165) is 49.9 Å². The number of hydrogen-bond acceptors (Lipinski definition) is 4. The molecule has 0 radical (unpaired) electrons. The van der Waals surface area contributed by atoms with Crippen LogP contribution >= 0.6 is 24.0 Å². The SMILES string of the molecule is CCNC(=NCC(c1ccc(F)cc1)N1CCOCC1)NCCc1ccc(OC)cc1.I. The van der Waals surface area contributed by atoms with Gasteiger partial charge in [-0.2, -0.15) is 0 Å². The number of ether oxygens (including phenoxy) is 2. The van der Waals surface area contributed by atoms with Crippen molar-refractivity contribution in [1.29, 1.82) is 0 Å². The number of hydrogen-bond donors (Lipinski definition) is 2. The third-order valence-electron chi connectivity index (χ3n) is 5.37. The summed E-state index contributed by atoms with van der Waals surface area (Å²) in [6.45, 7) is 7.31. The van der Waals surface area contributed by atoms with Crippen LogP contribution in [0.25, 0.3) is 0 Å². The molecule has 1 aliphatic heterocycles. The van der Waals surface area contributed by atoms with Gasteiger partial charge in [-0.05, 0) is 48.7 Å². The first kappa shape index (κ1) is 26.3. The summed E-state index contributed by atoms with van der Waals surface area (Å²) in [6.07, 6.45) is 0.888. The Balaban J connectivity index is 0.00000363. The number of guanidine groups is 1.